The van der Waals surface area contributed by atoms with E-state index in [1.165, 1.54) is 16.7 Å². The third kappa shape index (κ3) is 9.86. The molecule has 1 heterocycles. The van der Waals surface area contributed by atoms with Crippen LogP contribution in [0.25, 0.3) is 21.9 Å². The first-order valence-electron chi connectivity index (χ1n) is 19.9. The van der Waals surface area contributed by atoms with Gasteiger partial charge in [0.1, 0.15) is 16.9 Å². The Balaban J connectivity index is 1.71. The number of aryl methyl sites for hydroxylation is 4. The molecular formula is C48H71O5P. The van der Waals surface area contributed by atoms with Crippen LogP contribution in [0.2, 0.25) is 0 Å². The minimum absolute atomic E-state index is 0.0301. The highest BCUT2D eigenvalue weighted by molar-refractivity contribution is 7.31. The number of hydrogen-bond donors (Lipinski definition) is 0. The van der Waals surface area contributed by atoms with Crippen molar-refractivity contribution >= 4 is 36.1 Å². The highest BCUT2D eigenvalue weighted by Crippen LogP contribution is 2.49. The lowest BCUT2D eigenvalue weighted by atomic mass is 9.61. The molecule has 1 unspecified atom stereocenters. The number of hydrogen-bond acceptors (Lipinski definition) is 5. The Bertz CT molecular complexity index is 1970. The fraction of sp³-hybridized carbons (Fsp3) is 0.604. The number of benzene rings is 3. The molecule has 0 N–H and O–H groups in total. The number of esters is 1. The fourth-order valence-electron chi connectivity index (χ4n) is 7.49. The number of carbonyl (C=O) groups is 1. The van der Waals surface area contributed by atoms with Crippen molar-refractivity contribution < 1.29 is 22.4 Å². The highest BCUT2D eigenvalue weighted by Gasteiger charge is 2.48. The van der Waals surface area contributed by atoms with Crippen LogP contribution in [0.5, 0.6) is 5.75 Å². The summed E-state index contributed by atoms with van der Waals surface area (Å²) in [6.45, 7) is 41.8. The van der Waals surface area contributed by atoms with Gasteiger partial charge in [0.2, 0.25) is 0 Å². The van der Waals surface area contributed by atoms with E-state index in [1.807, 2.05) is 0 Å². The van der Waals surface area contributed by atoms with E-state index >= 15 is 0 Å². The fourth-order valence-corrected chi connectivity index (χ4v) is 8.60. The van der Waals surface area contributed by atoms with E-state index < -0.39 is 13.7 Å². The molecule has 298 valence electrons. The molecule has 0 aliphatic heterocycles. The maximum Gasteiger partial charge on any atom is 0.387 e. The third-order valence-corrected chi connectivity index (χ3v) is 11.9. The van der Waals surface area contributed by atoms with Crippen LogP contribution < -0.4 is 9.26 Å². The zero-order valence-electron chi connectivity index (χ0n) is 37.3. The molecule has 4 rings (SSSR count). The molecule has 1 atom stereocenters. The van der Waals surface area contributed by atoms with Gasteiger partial charge < -0.3 is 13.1 Å². The predicted molar refractivity (Wildman–Crippen MR) is 230 cm³/mol. The van der Waals surface area contributed by atoms with Gasteiger partial charge in [0.15, 0.2) is 0 Å². The molecule has 6 heteroatoms. The summed E-state index contributed by atoms with van der Waals surface area (Å²) < 4.78 is 26.6. The van der Waals surface area contributed by atoms with Gasteiger partial charge >= 0.3 is 14.2 Å². The molecule has 5 nitrogen and oxygen atoms in total. The van der Waals surface area contributed by atoms with Gasteiger partial charge in [-0.15, -0.1) is 0 Å². The second-order valence-electron chi connectivity index (χ2n) is 21.5. The van der Waals surface area contributed by atoms with Crippen LogP contribution in [0, 0.1) is 37.0 Å². The van der Waals surface area contributed by atoms with E-state index in [4.69, 9.17) is 17.7 Å². The Hall–Kier alpha value is -3.01. The molecule has 1 aromatic heterocycles. The van der Waals surface area contributed by atoms with Gasteiger partial charge in [0.25, 0.3) is 0 Å². The number of fused-ring (bicyclic) bond motifs is 3. The van der Waals surface area contributed by atoms with Crippen molar-refractivity contribution in [3.8, 4) is 5.75 Å². The van der Waals surface area contributed by atoms with Crippen molar-refractivity contribution in [1.29, 1.82) is 0 Å². The third-order valence-electron chi connectivity index (χ3n) is 10.8. The van der Waals surface area contributed by atoms with Crippen LogP contribution in [0.15, 0.2) is 44.8 Å². The van der Waals surface area contributed by atoms with Crippen LogP contribution in [-0.4, -0.2) is 12.6 Å². The maximum absolute atomic E-state index is 14.1. The van der Waals surface area contributed by atoms with Gasteiger partial charge in [-0.3, -0.25) is 9.32 Å². The first-order valence-corrected chi connectivity index (χ1v) is 21.0. The second kappa shape index (κ2) is 15.2. The quantitative estimate of drug-likeness (QED) is 0.102. The van der Waals surface area contributed by atoms with E-state index in [1.54, 1.807) is 0 Å². The van der Waals surface area contributed by atoms with E-state index in [2.05, 4.69) is 168 Å². The molecule has 54 heavy (non-hydrogen) atoms. The Morgan fingerprint density at radius 2 is 1.09 bits per heavy atom. The monoisotopic (exact) mass is 759 g/mol. The van der Waals surface area contributed by atoms with Gasteiger partial charge in [0.05, 0.1) is 12.0 Å². The maximum atomic E-state index is 14.1. The van der Waals surface area contributed by atoms with Crippen molar-refractivity contribution in [3.63, 3.8) is 0 Å². The van der Waals surface area contributed by atoms with Crippen molar-refractivity contribution in [2.24, 2.45) is 16.2 Å². The Morgan fingerprint density at radius 1 is 0.630 bits per heavy atom. The summed E-state index contributed by atoms with van der Waals surface area (Å²) >= 11 is 0. The van der Waals surface area contributed by atoms with E-state index in [0.29, 0.717) is 12.4 Å². The van der Waals surface area contributed by atoms with Crippen molar-refractivity contribution in [1.82, 2.24) is 0 Å². The zero-order valence-corrected chi connectivity index (χ0v) is 38.2. The van der Waals surface area contributed by atoms with Crippen molar-refractivity contribution in [3.05, 3.63) is 75.3 Å². The molecule has 0 fully saturated rings. The SMILES string of the molecule is Cc1cc(C(C)(C)C)c2op(OCCCc3cc(C)c(OC(=O)C(C)(CC(C)(C)C)C(C)(C)C)c(C(C)(C)C)c3)oc3c(C(C)(C)C)cc(C)cc3c2c1. The Kier molecular flexibility index (Phi) is 12.3. The summed E-state index contributed by atoms with van der Waals surface area (Å²) in [4.78, 5) is 14.1. The largest absolute Gasteiger partial charge is 0.426 e. The minimum Gasteiger partial charge on any atom is -0.426 e. The molecule has 3 aromatic carbocycles. The normalized spacial score (nSPS) is 14.4. The molecule has 0 spiro atoms. The molecule has 0 saturated heterocycles. The summed E-state index contributed by atoms with van der Waals surface area (Å²) in [6, 6.07) is 13.3. The van der Waals surface area contributed by atoms with Crippen molar-refractivity contribution in [2.75, 3.05) is 6.61 Å². The van der Waals surface area contributed by atoms with E-state index in [0.717, 1.165) is 63.5 Å². The standard InChI is InChI=1S/C48H71O5P/c1-30-23-34-35-24-31(2)26-37(45(10,11)12)41(35)53-54(52-40(34)36(25-30)44(7,8)9)50-22-20-21-33-27-32(3)39(38(28-33)46(13,14)15)51-42(49)48(19,47(16,17)18)29-43(4,5)6/h23-28H,20-22,29H2,1-19H3. The van der Waals surface area contributed by atoms with Crippen LogP contribution in [0.4, 0.5) is 0 Å². The predicted octanol–water partition coefficient (Wildman–Crippen LogP) is 14.6. The van der Waals surface area contributed by atoms with Crippen LogP contribution in [0.1, 0.15) is 163 Å². The van der Waals surface area contributed by atoms with Crippen LogP contribution in [0.3, 0.4) is 0 Å². The first kappa shape index (κ1) is 43.7. The molecule has 0 bridgehead atoms. The molecule has 0 aliphatic carbocycles. The van der Waals surface area contributed by atoms with Gasteiger partial charge in [-0.25, -0.2) is 0 Å². The summed E-state index contributed by atoms with van der Waals surface area (Å²) in [5.74, 6) is 0.524. The smallest absolute Gasteiger partial charge is 0.387 e. The number of ether oxygens (including phenoxy) is 1. The number of rotatable bonds is 8. The average molecular weight is 759 g/mol. The highest BCUT2D eigenvalue weighted by atomic mass is 31.1. The van der Waals surface area contributed by atoms with Crippen molar-refractivity contribution in [2.45, 2.75) is 167 Å². The summed E-state index contributed by atoms with van der Waals surface area (Å²) in [5.41, 5.74) is 8.12. The first-order chi connectivity index (χ1) is 24.4. The summed E-state index contributed by atoms with van der Waals surface area (Å²) in [5, 5.41) is 2.12. The van der Waals surface area contributed by atoms with Gasteiger partial charge in [0, 0.05) is 27.5 Å². The second-order valence-corrected chi connectivity index (χ2v) is 22.5. The van der Waals surface area contributed by atoms with Gasteiger partial charge in [-0.1, -0.05) is 128 Å². The van der Waals surface area contributed by atoms with Gasteiger partial charge in [-0.05, 0) is 108 Å². The van der Waals surface area contributed by atoms with Crippen LogP contribution >= 0.6 is 8.24 Å². The zero-order chi connectivity index (χ0) is 41.0. The average Bonchev–Trinajstić information content (AvgIpc) is 3.13. The molecular weight excluding hydrogens is 687 g/mol. The lowest BCUT2D eigenvalue weighted by molar-refractivity contribution is -0.154. The Labute approximate surface area is 328 Å². The molecule has 0 amide bonds. The van der Waals surface area contributed by atoms with Gasteiger partial charge in [-0.2, -0.15) is 0 Å². The minimum atomic E-state index is -1.73. The lowest BCUT2D eigenvalue weighted by Gasteiger charge is -2.43. The molecule has 0 aliphatic rings. The van der Waals surface area contributed by atoms with E-state index in [-0.39, 0.29) is 33.0 Å². The molecule has 0 saturated carbocycles. The molecule has 4 aromatic rings. The van der Waals surface area contributed by atoms with E-state index in [9.17, 15) is 4.79 Å². The topological polar surface area (TPSA) is 61.8 Å². The summed E-state index contributed by atoms with van der Waals surface area (Å²) in [6.07, 6.45) is 2.31. The number of carbonyl (C=O) groups excluding carboxylic acids is 1. The summed E-state index contributed by atoms with van der Waals surface area (Å²) in [7, 11) is -1.73. The Morgan fingerprint density at radius 3 is 1.50 bits per heavy atom. The molecule has 0 radical (unpaired) electrons. The van der Waals surface area contributed by atoms with Crippen LogP contribution in [-0.2, 0) is 27.5 Å². The lowest BCUT2D eigenvalue weighted by Crippen LogP contribution is -2.45.